The Morgan fingerprint density at radius 2 is 1.88 bits per heavy atom. The standard InChI is InChI=1S/C13H20FNO/c1-5-15(6-2)13-7-9(3)12(14)8-11(13)10(4)16/h7-8,10,16H,5-6H2,1-4H3/t10-/m0/s1. The zero-order chi connectivity index (χ0) is 12.3. The summed E-state index contributed by atoms with van der Waals surface area (Å²) in [6.45, 7) is 9.20. The third kappa shape index (κ3) is 2.53. The predicted octanol–water partition coefficient (Wildman–Crippen LogP) is 3.03. The quantitative estimate of drug-likeness (QED) is 0.851. The Balaban J connectivity index is 3.29. The van der Waals surface area contributed by atoms with Gasteiger partial charge in [-0.2, -0.15) is 0 Å². The Kier molecular flexibility index (Phi) is 4.30. The van der Waals surface area contributed by atoms with Crippen LogP contribution in [-0.4, -0.2) is 18.2 Å². The molecule has 0 amide bonds. The van der Waals surface area contributed by atoms with Crippen molar-refractivity contribution < 1.29 is 9.50 Å². The molecule has 1 rings (SSSR count). The van der Waals surface area contributed by atoms with Gasteiger partial charge >= 0.3 is 0 Å². The zero-order valence-electron chi connectivity index (χ0n) is 10.4. The van der Waals surface area contributed by atoms with Crippen LogP contribution in [0.2, 0.25) is 0 Å². The lowest BCUT2D eigenvalue weighted by atomic mass is 10.0. The van der Waals surface area contributed by atoms with Crippen molar-refractivity contribution in [2.75, 3.05) is 18.0 Å². The maximum Gasteiger partial charge on any atom is 0.126 e. The third-order valence-electron chi connectivity index (χ3n) is 2.86. The molecule has 16 heavy (non-hydrogen) atoms. The van der Waals surface area contributed by atoms with Gasteiger partial charge in [-0.15, -0.1) is 0 Å². The van der Waals surface area contributed by atoms with Gasteiger partial charge in [-0.1, -0.05) is 0 Å². The molecule has 0 aliphatic heterocycles. The van der Waals surface area contributed by atoms with Crippen LogP contribution >= 0.6 is 0 Å². The largest absolute Gasteiger partial charge is 0.389 e. The molecule has 3 heteroatoms. The summed E-state index contributed by atoms with van der Waals surface area (Å²) in [6.07, 6.45) is -0.648. The monoisotopic (exact) mass is 225 g/mol. The minimum absolute atomic E-state index is 0.258. The summed E-state index contributed by atoms with van der Waals surface area (Å²) in [7, 11) is 0. The first kappa shape index (κ1) is 13.0. The van der Waals surface area contributed by atoms with Crippen LogP contribution < -0.4 is 4.90 Å². The van der Waals surface area contributed by atoms with Crippen LogP contribution in [0.3, 0.4) is 0 Å². The van der Waals surface area contributed by atoms with Crippen molar-refractivity contribution in [2.45, 2.75) is 33.8 Å². The lowest BCUT2D eigenvalue weighted by molar-refractivity contribution is 0.199. The maximum absolute atomic E-state index is 13.5. The van der Waals surface area contributed by atoms with Crippen molar-refractivity contribution >= 4 is 5.69 Å². The van der Waals surface area contributed by atoms with Gasteiger partial charge in [0.15, 0.2) is 0 Å². The van der Waals surface area contributed by atoms with E-state index in [0.717, 1.165) is 18.8 Å². The van der Waals surface area contributed by atoms with E-state index >= 15 is 0 Å². The van der Waals surface area contributed by atoms with Gasteiger partial charge < -0.3 is 10.0 Å². The average Bonchev–Trinajstić information content (AvgIpc) is 2.24. The Bertz CT molecular complexity index is 359. The predicted molar refractivity (Wildman–Crippen MR) is 65.3 cm³/mol. The van der Waals surface area contributed by atoms with E-state index in [9.17, 15) is 9.50 Å². The van der Waals surface area contributed by atoms with Crippen LogP contribution in [0.15, 0.2) is 12.1 Å². The topological polar surface area (TPSA) is 23.5 Å². The third-order valence-corrected chi connectivity index (χ3v) is 2.86. The average molecular weight is 225 g/mol. The second-order valence-corrected chi connectivity index (χ2v) is 4.01. The fourth-order valence-electron chi connectivity index (χ4n) is 1.85. The number of anilines is 1. The van der Waals surface area contributed by atoms with E-state index in [4.69, 9.17) is 0 Å². The minimum Gasteiger partial charge on any atom is -0.389 e. The maximum atomic E-state index is 13.5. The van der Waals surface area contributed by atoms with Crippen LogP contribution in [0.4, 0.5) is 10.1 Å². The molecule has 1 aromatic rings. The number of benzene rings is 1. The van der Waals surface area contributed by atoms with E-state index in [-0.39, 0.29) is 5.82 Å². The van der Waals surface area contributed by atoms with Crippen LogP contribution in [0.5, 0.6) is 0 Å². The number of hydrogen-bond donors (Lipinski definition) is 1. The molecule has 0 radical (unpaired) electrons. The Morgan fingerprint density at radius 3 is 2.31 bits per heavy atom. The number of rotatable bonds is 4. The van der Waals surface area contributed by atoms with Crippen LogP contribution in [-0.2, 0) is 0 Å². The number of hydrogen-bond acceptors (Lipinski definition) is 2. The molecule has 1 aromatic carbocycles. The smallest absolute Gasteiger partial charge is 0.126 e. The number of aliphatic hydroxyl groups excluding tert-OH is 1. The van der Waals surface area contributed by atoms with Crippen molar-refractivity contribution in [3.05, 3.63) is 29.1 Å². The highest BCUT2D eigenvalue weighted by Gasteiger charge is 2.15. The summed E-state index contributed by atoms with van der Waals surface area (Å²) < 4.78 is 13.5. The van der Waals surface area contributed by atoms with Crippen molar-refractivity contribution in [2.24, 2.45) is 0 Å². The van der Waals surface area contributed by atoms with E-state index in [0.29, 0.717) is 11.1 Å². The van der Waals surface area contributed by atoms with E-state index in [1.807, 2.05) is 19.9 Å². The summed E-state index contributed by atoms with van der Waals surface area (Å²) in [5, 5.41) is 9.67. The molecule has 1 atom stereocenters. The number of halogens is 1. The summed E-state index contributed by atoms with van der Waals surface area (Å²) in [6, 6.07) is 3.25. The molecule has 0 unspecified atom stereocenters. The molecule has 0 aliphatic rings. The molecular formula is C13H20FNO. The lowest BCUT2D eigenvalue weighted by Gasteiger charge is -2.26. The molecule has 0 spiro atoms. The minimum atomic E-state index is -0.648. The normalized spacial score (nSPS) is 12.6. The van der Waals surface area contributed by atoms with E-state index < -0.39 is 6.10 Å². The molecule has 0 fully saturated rings. The SMILES string of the molecule is CCN(CC)c1cc(C)c(F)cc1[C@H](C)O. The van der Waals surface area contributed by atoms with Crippen molar-refractivity contribution in [3.63, 3.8) is 0 Å². The fraction of sp³-hybridized carbons (Fsp3) is 0.538. The van der Waals surface area contributed by atoms with Gasteiger partial charge in [0.1, 0.15) is 5.82 Å². The highest BCUT2D eigenvalue weighted by Crippen LogP contribution is 2.29. The van der Waals surface area contributed by atoms with Crippen LogP contribution in [0, 0.1) is 12.7 Å². The fourth-order valence-corrected chi connectivity index (χ4v) is 1.85. The number of aliphatic hydroxyl groups is 1. The molecule has 90 valence electrons. The van der Waals surface area contributed by atoms with Gasteiger partial charge in [-0.05, 0) is 45.4 Å². The van der Waals surface area contributed by atoms with E-state index in [2.05, 4.69) is 4.90 Å². The highest BCUT2D eigenvalue weighted by molar-refractivity contribution is 5.56. The first-order valence-corrected chi connectivity index (χ1v) is 5.74. The second-order valence-electron chi connectivity index (χ2n) is 4.01. The van der Waals surface area contributed by atoms with Gasteiger partial charge in [0.25, 0.3) is 0 Å². The Labute approximate surface area is 96.7 Å². The number of nitrogens with zero attached hydrogens (tertiary/aromatic N) is 1. The molecule has 0 aromatic heterocycles. The molecule has 0 saturated carbocycles. The summed E-state index contributed by atoms with van der Waals surface area (Å²) in [5.41, 5.74) is 2.21. The highest BCUT2D eigenvalue weighted by atomic mass is 19.1. The lowest BCUT2D eigenvalue weighted by Crippen LogP contribution is -2.24. The molecule has 2 nitrogen and oxygen atoms in total. The van der Waals surface area contributed by atoms with Gasteiger partial charge in [0.05, 0.1) is 6.10 Å². The van der Waals surface area contributed by atoms with Gasteiger partial charge in [-0.3, -0.25) is 0 Å². The second kappa shape index (κ2) is 5.30. The van der Waals surface area contributed by atoms with Crippen molar-refractivity contribution in [1.29, 1.82) is 0 Å². The molecule has 0 bridgehead atoms. The van der Waals surface area contributed by atoms with Gasteiger partial charge in [0.2, 0.25) is 0 Å². The first-order valence-electron chi connectivity index (χ1n) is 5.74. The first-order chi connectivity index (χ1) is 7.51. The zero-order valence-corrected chi connectivity index (χ0v) is 10.4. The van der Waals surface area contributed by atoms with E-state index in [1.54, 1.807) is 13.8 Å². The number of aryl methyl sites for hydroxylation is 1. The van der Waals surface area contributed by atoms with Crippen LogP contribution in [0.1, 0.15) is 38.0 Å². The summed E-state index contributed by atoms with van der Waals surface area (Å²) >= 11 is 0. The Hall–Kier alpha value is -1.09. The molecule has 0 aliphatic carbocycles. The molecular weight excluding hydrogens is 205 g/mol. The Morgan fingerprint density at radius 1 is 1.31 bits per heavy atom. The molecule has 0 heterocycles. The van der Waals surface area contributed by atoms with Crippen molar-refractivity contribution in [1.82, 2.24) is 0 Å². The van der Waals surface area contributed by atoms with Crippen LogP contribution in [0.25, 0.3) is 0 Å². The van der Waals surface area contributed by atoms with Gasteiger partial charge in [-0.25, -0.2) is 4.39 Å². The van der Waals surface area contributed by atoms with E-state index in [1.165, 1.54) is 6.07 Å². The van der Waals surface area contributed by atoms with Gasteiger partial charge in [0, 0.05) is 24.3 Å². The molecule has 1 N–H and O–H groups in total. The summed E-state index contributed by atoms with van der Waals surface area (Å²) in [4.78, 5) is 2.12. The van der Waals surface area contributed by atoms with Crippen molar-refractivity contribution in [3.8, 4) is 0 Å². The molecule has 0 saturated heterocycles. The summed E-state index contributed by atoms with van der Waals surface area (Å²) in [5.74, 6) is -0.258.